The fraction of sp³-hybridized carbons (Fsp3) is 0.556. The van der Waals surface area contributed by atoms with Crippen molar-refractivity contribution in [3.05, 3.63) is 20.7 Å². The second-order valence-electron chi connectivity index (χ2n) is 3.41. The molecule has 1 aromatic rings. The molecule has 0 bridgehead atoms. The summed E-state index contributed by atoms with van der Waals surface area (Å²) in [7, 11) is 0. The van der Waals surface area contributed by atoms with E-state index in [1.807, 2.05) is 0 Å². The summed E-state index contributed by atoms with van der Waals surface area (Å²) in [5.41, 5.74) is -0.423. The molecule has 14 heavy (non-hydrogen) atoms. The van der Waals surface area contributed by atoms with E-state index in [1.165, 1.54) is 4.57 Å². The molecule has 0 aliphatic carbocycles. The molecule has 1 unspecified atom stereocenters. The topological polar surface area (TPSA) is 59.3 Å². The molecule has 1 atom stereocenters. The van der Waals surface area contributed by atoms with Crippen LogP contribution in [0.4, 0.5) is 0 Å². The van der Waals surface area contributed by atoms with Gasteiger partial charge in [-0.3, -0.25) is 9.36 Å². The molecule has 78 valence electrons. The quantitative estimate of drug-likeness (QED) is 0.829. The fourth-order valence-corrected chi connectivity index (χ4v) is 2.21. The lowest BCUT2D eigenvalue weighted by atomic mass is 9.98. The first-order chi connectivity index (χ1) is 6.43. The molecule has 1 rings (SSSR count). The van der Waals surface area contributed by atoms with Gasteiger partial charge < -0.3 is 5.11 Å². The van der Waals surface area contributed by atoms with E-state index >= 15 is 0 Å². The average Bonchev–Trinajstić information content (AvgIpc) is 2.45. The third-order valence-electron chi connectivity index (χ3n) is 2.51. The van der Waals surface area contributed by atoms with Gasteiger partial charge in [0.25, 0.3) is 0 Å². The second kappa shape index (κ2) is 3.57. The molecule has 5 heteroatoms. The van der Waals surface area contributed by atoms with E-state index in [0.717, 1.165) is 11.3 Å². The minimum absolute atomic E-state index is 0.214. The molecule has 0 radical (unpaired) electrons. The summed E-state index contributed by atoms with van der Waals surface area (Å²) < 4.78 is 1.35. The minimum atomic E-state index is -1.12. The molecule has 0 aliphatic rings. The maximum atomic E-state index is 11.5. The lowest BCUT2D eigenvalue weighted by molar-refractivity contribution is -0.147. The Balaban J connectivity index is 3.40. The summed E-state index contributed by atoms with van der Waals surface area (Å²) in [5, 5.41) is 10.8. The van der Waals surface area contributed by atoms with Gasteiger partial charge in [0.05, 0.1) is 0 Å². The van der Waals surface area contributed by atoms with Gasteiger partial charge in [-0.25, -0.2) is 4.79 Å². The second-order valence-corrected chi connectivity index (χ2v) is 4.23. The highest BCUT2D eigenvalue weighted by Crippen LogP contribution is 2.21. The van der Waals surface area contributed by atoms with E-state index in [1.54, 1.807) is 26.2 Å². The monoisotopic (exact) mass is 215 g/mol. The van der Waals surface area contributed by atoms with Crippen molar-refractivity contribution in [2.24, 2.45) is 0 Å². The summed E-state index contributed by atoms with van der Waals surface area (Å²) in [6, 6.07) is 0. The zero-order valence-corrected chi connectivity index (χ0v) is 9.22. The van der Waals surface area contributed by atoms with Crippen LogP contribution in [0.5, 0.6) is 0 Å². The minimum Gasteiger partial charge on any atom is -0.479 e. The molecule has 1 N–H and O–H groups in total. The number of rotatable bonds is 3. The van der Waals surface area contributed by atoms with Crippen molar-refractivity contribution in [1.82, 2.24) is 4.57 Å². The van der Waals surface area contributed by atoms with Gasteiger partial charge in [0.1, 0.15) is 5.54 Å². The van der Waals surface area contributed by atoms with E-state index in [2.05, 4.69) is 0 Å². The van der Waals surface area contributed by atoms with Crippen molar-refractivity contribution in [2.45, 2.75) is 32.7 Å². The molecule has 1 heterocycles. The molecule has 4 nitrogen and oxygen atoms in total. The van der Waals surface area contributed by atoms with Gasteiger partial charge >= 0.3 is 10.8 Å². The first-order valence-electron chi connectivity index (χ1n) is 4.34. The molecule has 0 aromatic carbocycles. The fourth-order valence-electron chi connectivity index (χ4n) is 1.38. The molecular weight excluding hydrogens is 202 g/mol. The van der Waals surface area contributed by atoms with Gasteiger partial charge in [-0.1, -0.05) is 18.3 Å². The van der Waals surface area contributed by atoms with Gasteiger partial charge in [0.2, 0.25) is 0 Å². The average molecular weight is 215 g/mol. The summed E-state index contributed by atoms with van der Waals surface area (Å²) in [6.07, 6.45) is 0.389. The highest BCUT2D eigenvalue weighted by Gasteiger charge is 2.35. The number of thiazole rings is 1. The van der Waals surface area contributed by atoms with Crippen molar-refractivity contribution in [3.8, 4) is 0 Å². The van der Waals surface area contributed by atoms with Crippen molar-refractivity contribution in [3.63, 3.8) is 0 Å². The Morgan fingerprint density at radius 1 is 1.71 bits per heavy atom. The van der Waals surface area contributed by atoms with Crippen LogP contribution in [-0.4, -0.2) is 15.6 Å². The van der Waals surface area contributed by atoms with Gasteiger partial charge in [0.15, 0.2) is 0 Å². The smallest absolute Gasteiger partial charge is 0.329 e. The van der Waals surface area contributed by atoms with Crippen LogP contribution in [0.15, 0.2) is 10.2 Å². The first-order valence-corrected chi connectivity index (χ1v) is 5.22. The highest BCUT2D eigenvalue weighted by molar-refractivity contribution is 7.07. The van der Waals surface area contributed by atoms with Gasteiger partial charge in [-0.2, -0.15) is 0 Å². The lowest BCUT2D eigenvalue weighted by Gasteiger charge is -2.25. The summed E-state index contributed by atoms with van der Waals surface area (Å²) >= 11 is 1.03. The number of aryl methyl sites for hydroxylation is 1. The zero-order valence-electron chi connectivity index (χ0n) is 8.40. The molecule has 1 aromatic heterocycles. The zero-order chi connectivity index (χ0) is 10.9. The normalized spacial score (nSPS) is 15.1. The number of aromatic nitrogens is 1. The maximum Gasteiger partial charge on any atom is 0.329 e. The Kier molecular flexibility index (Phi) is 2.80. The Bertz CT molecular complexity index is 406. The van der Waals surface area contributed by atoms with Crippen molar-refractivity contribution in [1.29, 1.82) is 0 Å². The third-order valence-corrected chi connectivity index (χ3v) is 3.35. The number of carbonyl (C=O) groups is 1. The summed E-state index contributed by atoms with van der Waals surface area (Å²) in [6.45, 7) is 5.07. The standard InChI is InChI=1S/C9H13NO3S/c1-4-9(3,7(11)12)10-6(2)5-14-8(10)13/h5H,4H2,1-3H3,(H,11,12). The summed E-state index contributed by atoms with van der Waals surface area (Å²) in [5.74, 6) is -0.969. The van der Waals surface area contributed by atoms with Crippen LogP contribution in [-0.2, 0) is 10.3 Å². The molecule has 0 fully saturated rings. The highest BCUT2D eigenvalue weighted by atomic mass is 32.1. The number of aliphatic carboxylic acids is 1. The molecular formula is C9H13NO3S. The van der Waals surface area contributed by atoms with Gasteiger partial charge in [-0.05, 0) is 20.3 Å². The SMILES string of the molecule is CCC(C)(C(=O)O)n1c(C)csc1=O. The lowest BCUT2D eigenvalue weighted by Crippen LogP contribution is -2.43. The Morgan fingerprint density at radius 3 is 2.57 bits per heavy atom. The summed E-state index contributed by atoms with van der Waals surface area (Å²) in [4.78, 5) is 22.4. The number of nitrogens with zero attached hydrogens (tertiary/aromatic N) is 1. The van der Waals surface area contributed by atoms with Crippen LogP contribution in [0.3, 0.4) is 0 Å². The van der Waals surface area contributed by atoms with E-state index < -0.39 is 11.5 Å². The molecule has 0 spiro atoms. The number of hydrogen-bond donors (Lipinski definition) is 1. The van der Waals surface area contributed by atoms with Crippen LogP contribution < -0.4 is 4.87 Å². The number of hydrogen-bond acceptors (Lipinski definition) is 3. The largest absolute Gasteiger partial charge is 0.479 e. The van der Waals surface area contributed by atoms with E-state index in [9.17, 15) is 9.59 Å². The van der Waals surface area contributed by atoms with Crippen LogP contribution in [0.2, 0.25) is 0 Å². The molecule has 0 saturated carbocycles. The Morgan fingerprint density at radius 2 is 2.29 bits per heavy atom. The van der Waals surface area contributed by atoms with Gasteiger partial charge in [0, 0.05) is 11.1 Å². The van der Waals surface area contributed by atoms with E-state index in [-0.39, 0.29) is 4.87 Å². The van der Waals surface area contributed by atoms with Crippen LogP contribution in [0, 0.1) is 6.92 Å². The van der Waals surface area contributed by atoms with Crippen molar-refractivity contribution in [2.75, 3.05) is 0 Å². The first kappa shape index (κ1) is 11.0. The number of carboxylic acids is 1. The maximum absolute atomic E-state index is 11.5. The Labute approximate surface area is 85.8 Å². The third kappa shape index (κ3) is 1.48. The van der Waals surface area contributed by atoms with Crippen LogP contribution >= 0.6 is 11.3 Å². The van der Waals surface area contributed by atoms with Crippen molar-refractivity contribution >= 4 is 17.3 Å². The Hall–Kier alpha value is -1.10. The van der Waals surface area contributed by atoms with Crippen LogP contribution in [0.25, 0.3) is 0 Å². The molecule has 0 aliphatic heterocycles. The van der Waals surface area contributed by atoms with Crippen molar-refractivity contribution < 1.29 is 9.90 Å². The predicted octanol–water partition coefficient (Wildman–Crippen LogP) is 1.43. The van der Waals surface area contributed by atoms with E-state index in [0.29, 0.717) is 12.1 Å². The van der Waals surface area contributed by atoms with Gasteiger partial charge in [-0.15, -0.1) is 0 Å². The molecule has 0 saturated heterocycles. The van der Waals surface area contributed by atoms with Crippen LogP contribution in [0.1, 0.15) is 26.0 Å². The van der Waals surface area contributed by atoms with E-state index in [4.69, 9.17) is 5.11 Å². The predicted molar refractivity (Wildman–Crippen MR) is 54.9 cm³/mol. The molecule has 0 amide bonds. The number of carboxylic acid groups (broad SMARTS) is 1.